The van der Waals surface area contributed by atoms with E-state index in [0.29, 0.717) is 0 Å². The number of carbonyl (C=O) groups is 1. The van der Waals surface area contributed by atoms with Gasteiger partial charge in [-0.15, -0.1) is 0 Å². The van der Waals surface area contributed by atoms with Crippen molar-refractivity contribution in [3.05, 3.63) is 35.4 Å². The Kier molecular flexibility index (Phi) is 6.88. The lowest BCUT2D eigenvalue weighted by molar-refractivity contribution is -0.163. The molecule has 3 aliphatic rings. The van der Waals surface area contributed by atoms with Gasteiger partial charge in [-0.05, 0) is 49.7 Å². The standard InChI is InChI=1S/C24H36N2O3/c1-2-20-5-7-21(8-6-20)18-25-14-10-24(11-15-25)17-22(9-16-29-24)28-19-23(27)26-12-3-4-13-26/h5-8,22H,2-4,9-19H2,1H3. The minimum Gasteiger partial charge on any atom is -0.375 e. The average molecular weight is 401 g/mol. The molecule has 3 fully saturated rings. The highest BCUT2D eigenvalue weighted by Gasteiger charge is 2.40. The van der Waals surface area contributed by atoms with Crippen LogP contribution in [-0.2, 0) is 27.2 Å². The molecule has 0 aromatic heterocycles. The summed E-state index contributed by atoms with van der Waals surface area (Å²) in [5.41, 5.74) is 2.74. The Labute approximate surface area is 175 Å². The van der Waals surface area contributed by atoms with Crippen molar-refractivity contribution in [2.75, 3.05) is 39.4 Å². The highest BCUT2D eigenvalue weighted by molar-refractivity contribution is 5.77. The van der Waals surface area contributed by atoms with Crippen LogP contribution in [-0.4, -0.2) is 66.8 Å². The van der Waals surface area contributed by atoms with Crippen LogP contribution in [0, 0.1) is 0 Å². The fourth-order valence-corrected chi connectivity index (χ4v) is 4.98. The number of hydrogen-bond donors (Lipinski definition) is 0. The van der Waals surface area contributed by atoms with Gasteiger partial charge in [0.05, 0.1) is 11.7 Å². The van der Waals surface area contributed by atoms with Crippen LogP contribution >= 0.6 is 0 Å². The Bertz CT molecular complexity index is 661. The highest BCUT2D eigenvalue weighted by atomic mass is 16.5. The number of hydrogen-bond acceptors (Lipinski definition) is 4. The Morgan fingerprint density at radius 2 is 1.79 bits per heavy atom. The molecule has 1 amide bonds. The zero-order chi connectivity index (χ0) is 20.1. The van der Waals surface area contributed by atoms with Gasteiger partial charge in [-0.3, -0.25) is 9.69 Å². The monoisotopic (exact) mass is 400 g/mol. The van der Waals surface area contributed by atoms with E-state index in [1.807, 2.05) is 4.90 Å². The van der Waals surface area contributed by atoms with Gasteiger partial charge < -0.3 is 14.4 Å². The topological polar surface area (TPSA) is 42.0 Å². The van der Waals surface area contributed by atoms with E-state index in [-0.39, 0.29) is 24.2 Å². The SMILES string of the molecule is CCc1ccc(CN2CCC3(CC2)CC(OCC(=O)N2CCCC2)CCO3)cc1. The summed E-state index contributed by atoms with van der Waals surface area (Å²) >= 11 is 0. The molecule has 0 N–H and O–H groups in total. The van der Waals surface area contributed by atoms with E-state index >= 15 is 0 Å². The predicted octanol–water partition coefficient (Wildman–Crippen LogP) is 3.40. The first-order valence-corrected chi connectivity index (χ1v) is 11.5. The summed E-state index contributed by atoms with van der Waals surface area (Å²) in [7, 11) is 0. The van der Waals surface area contributed by atoms with Gasteiger partial charge in [-0.25, -0.2) is 0 Å². The van der Waals surface area contributed by atoms with Gasteiger partial charge >= 0.3 is 0 Å². The van der Waals surface area contributed by atoms with Crippen LogP contribution in [0.15, 0.2) is 24.3 Å². The van der Waals surface area contributed by atoms with Crippen molar-refractivity contribution >= 4 is 5.91 Å². The maximum Gasteiger partial charge on any atom is 0.248 e. The molecule has 1 atom stereocenters. The number of amides is 1. The third-order valence-electron chi connectivity index (χ3n) is 6.95. The van der Waals surface area contributed by atoms with Crippen LogP contribution < -0.4 is 0 Å². The normalized spacial score (nSPS) is 24.9. The molecule has 0 saturated carbocycles. The van der Waals surface area contributed by atoms with Crippen LogP contribution in [0.2, 0.25) is 0 Å². The molecule has 0 bridgehead atoms. The van der Waals surface area contributed by atoms with Crippen molar-refractivity contribution in [1.29, 1.82) is 0 Å². The highest BCUT2D eigenvalue weighted by Crippen LogP contribution is 2.36. The van der Waals surface area contributed by atoms with Crippen molar-refractivity contribution in [2.45, 2.75) is 70.1 Å². The quantitative estimate of drug-likeness (QED) is 0.734. The second-order valence-corrected chi connectivity index (χ2v) is 8.99. The van der Waals surface area contributed by atoms with E-state index in [1.54, 1.807) is 0 Å². The van der Waals surface area contributed by atoms with Crippen LogP contribution in [0.5, 0.6) is 0 Å². The zero-order valence-electron chi connectivity index (χ0n) is 17.9. The maximum absolute atomic E-state index is 12.3. The van der Waals surface area contributed by atoms with Gasteiger partial charge in [0.15, 0.2) is 0 Å². The smallest absolute Gasteiger partial charge is 0.248 e. The first-order chi connectivity index (χ1) is 14.2. The number of carbonyl (C=O) groups excluding carboxylic acids is 1. The number of benzene rings is 1. The molecule has 1 unspecified atom stereocenters. The lowest BCUT2D eigenvalue weighted by atomic mass is 9.83. The minimum atomic E-state index is -0.0534. The van der Waals surface area contributed by atoms with Crippen LogP contribution in [0.3, 0.4) is 0 Å². The van der Waals surface area contributed by atoms with Gasteiger partial charge in [0.2, 0.25) is 5.91 Å². The molecule has 1 aromatic carbocycles. The van der Waals surface area contributed by atoms with Crippen molar-refractivity contribution in [2.24, 2.45) is 0 Å². The zero-order valence-corrected chi connectivity index (χ0v) is 17.9. The summed E-state index contributed by atoms with van der Waals surface area (Å²) in [4.78, 5) is 16.8. The van der Waals surface area contributed by atoms with Crippen LogP contribution in [0.25, 0.3) is 0 Å². The number of ether oxygens (including phenoxy) is 2. The number of nitrogens with zero attached hydrogens (tertiary/aromatic N) is 2. The molecule has 29 heavy (non-hydrogen) atoms. The molecule has 160 valence electrons. The van der Waals surface area contributed by atoms with Gasteiger partial charge in [-0.1, -0.05) is 31.2 Å². The van der Waals surface area contributed by atoms with E-state index < -0.39 is 0 Å². The molecule has 3 heterocycles. The van der Waals surface area contributed by atoms with E-state index in [0.717, 1.165) is 84.3 Å². The minimum absolute atomic E-state index is 0.0534. The fraction of sp³-hybridized carbons (Fsp3) is 0.708. The molecule has 1 aromatic rings. The largest absolute Gasteiger partial charge is 0.375 e. The Morgan fingerprint density at radius 3 is 2.48 bits per heavy atom. The third kappa shape index (κ3) is 5.39. The Morgan fingerprint density at radius 1 is 1.10 bits per heavy atom. The molecule has 5 heteroatoms. The number of piperidine rings is 1. The van der Waals surface area contributed by atoms with Crippen LogP contribution in [0.4, 0.5) is 0 Å². The predicted molar refractivity (Wildman–Crippen MR) is 114 cm³/mol. The van der Waals surface area contributed by atoms with Crippen molar-refractivity contribution in [3.63, 3.8) is 0 Å². The lowest BCUT2D eigenvalue weighted by Crippen LogP contribution is -2.50. The third-order valence-corrected chi connectivity index (χ3v) is 6.95. The number of aryl methyl sites for hydroxylation is 1. The Hall–Kier alpha value is -1.43. The van der Waals surface area contributed by atoms with Gasteiger partial charge in [-0.2, -0.15) is 0 Å². The number of rotatable bonds is 6. The molecule has 0 aliphatic carbocycles. The lowest BCUT2D eigenvalue weighted by Gasteiger charge is -2.46. The van der Waals surface area contributed by atoms with Gasteiger partial charge in [0, 0.05) is 45.8 Å². The van der Waals surface area contributed by atoms with E-state index in [9.17, 15) is 4.79 Å². The molecule has 4 rings (SSSR count). The molecular formula is C24H36N2O3. The summed E-state index contributed by atoms with van der Waals surface area (Å²) in [6.45, 7) is 8.13. The summed E-state index contributed by atoms with van der Waals surface area (Å²) in [6.07, 6.45) is 7.46. The first-order valence-electron chi connectivity index (χ1n) is 11.5. The molecule has 0 radical (unpaired) electrons. The maximum atomic E-state index is 12.3. The van der Waals surface area contributed by atoms with Gasteiger partial charge in [0.25, 0.3) is 0 Å². The first kappa shape index (κ1) is 20.8. The van der Waals surface area contributed by atoms with Crippen molar-refractivity contribution in [1.82, 2.24) is 9.80 Å². The Balaban J connectivity index is 1.23. The molecule has 3 aliphatic heterocycles. The molecular weight excluding hydrogens is 364 g/mol. The fourth-order valence-electron chi connectivity index (χ4n) is 4.98. The summed E-state index contributed by atoms with van der Waals surface area (Å²) in [5, 5.41) is 0. The van der Waals surface area contributed by atoms with E-state index in [1.165, 1.54) is 11.1 Å². The van der Waals surface area contributed by atoms with Crippen molar-refractivity contribution in [3.8, 4) is 0 Å². The van der Waals surface area contributed by atoms with E-state index in [2.05, 4.69) is 36.1 Å². The average Bonchev–Trinajstić information content (AvgIpc) is 3.30. The molecule has 1 spiro atoms. The van der Waals surface area contributed by atoms with Crippen LogP contribution in [0.1, 0.15) is 56.6 Å². The molecule has 3 saturated heterocycles. The van der Waals surface area contributed by atoms with Crippen molar-refractivity contribution < 1.29 is 14.3 Å². The number of likely N-dealkylation sites (tertiary alicyclic amines) is 2. The summed E-state index contributed by atoms with van der Waals surface area (Å²) in [5.74, 6) is 0.159. The second kappa shape index (κ2) is 9.59. The van der Waals surface area contributed by atoms with E-state index in [4.69, 9.17) is 9.47 Å². The summed E-state index contributed by atoms with van der Waals surface area (Å²) < 4.78 is 12.3. The van der Waals surface area contributed by atoms with Gasteiger partial charge in [0.1, 0.15) is 6.61 Å². The molecule has 5 nitrogen and oxygen atoms in total. The summed E-state index contributed by atoms with van der Waals surface area (Å²) in [6, 6.07) is 9.02. The second-order valence-electron chi connectivity index (χ2n) is 8.99.